The zero-order chi connectivity index (χ0) is 22.9. The van der Waals surface area contributed by atoms with Gasteiger partial charge in [0.15, 0.2) is 11.5 Å². The highest BCUT2D eigenvalue weighted by Gasteiger charge is 2.52. The Hall–Kier alpha value is -3.56. The van der Waals surface area contributed by atoms with Gasteiger partial charge in [-0.05, 0) is 44.9 Å². The predicted octanol–water partition coefficient (Wildman–Crippen LogP) is 2.78. The van der Waals surface area contributed by atoms with Gasteiger partial charge in [0.2, 0.25) is 0 Å². The molecular formula is C22H26N4O6. The Morgan fingerprint density at radius 1 is 1.22 bits per heavy atom. The molecule has 1 spiro atoms. The van der Waals surface area contributed by atoms with E-state index in [4.69, 9.17) is 14.0 Å². The van der Waals surface area contributed by atoms with Crippen molar-refractivity contribution in [1.29, 1.82) is 0 Å². The first-order valence-corrected chi connectivity index (χ1v) is 10.5. The molecule has 170 valence electrons. The number of amides is 4. The fraction of sp³-hybridized carbons (Fsp3) is 0.455. The molecule has 2 aromatic rings. The number of hydrazine groups is 1. The number of hydrogen-bond donors (Lipinski definition) is 2. The van der Waals surface area contributed by atoms with Crippen LogP contribution in [0, 0.1) is 13.8 Å². The number of benzene rings is 1. The van der Waals surface area contributed by atoms with Crippen LogP contribution in [0.15, 0.2) is 22.7 Å². The summed E-state index contributed by atoms with van der Waals surface area (Å²) in [6.07, 6.45) is 3.91. The lowest BCUT2D eigenvalue weighted by atomic mass is 9.82. The van der Waals surface area contributed by atoms with Crippen LogP contribution < -0.4 is 20.2 Å². The number of rotatable bonds is 6. The first-order valence-electron chi connectivity index (χ1n) is 10.5. The molecule has 32 heavy (non-hydrogen) atoms. The fourth-order valence-electron chi connectivity index (χ4n) is 4.17. The summed E-state index contributed by atoms with van der Waals surface area (Å²) in [7, 11) is 1.46. The Morgan fingerprint density at radius 3 is 2.62 bits per heavy atom. The molecule has 1 aliphatic carbocycles. The average Bonchev–Trinajstić information content (AvgIpc) is 3.23. The monoisotopic (exact) mass is 442 g/mol. The van der Waals surface area contributed by atoms with Crippen molar-refractivity contribution in [3.05, 3.63) is 40.8 Å². The number of aromatic nitrogens is 1. The number of carbonyl (C=O) groups is 3. The number of nitrogens with one attached hydrogen (secondary N) is 2. The Bertz CT molecular complexity index is 1040. The van der Waals surface area contributed by atoms with Crippen molar-refractivity contribution in [1.82, 2.24) is 20.9 Å². The van der Waals surface area contributed by atoms with Gasteiger partial charge in [0.25, 0.3) is 11.8 Å². The first kappa shape index (κ1) is 21.7. The van der Waals surface area contributed by atoms with Crippen molar-refractivity contribution < 1.29 is 28.4 Å². The average molecular weight is 442 g/mol. The third-order valence-electron chi connectivity index (χ3n) is 6.06. The van der Waals surface area contributed by atoms with E-state index in [-0.39, 0.29) is 12.2 Å². The predicted molar refractivity (Wildman–Crippen MR) is 112 cm³/mol. The number of urea groups is 1. The molecule has 0 atom stereocenters. The molecule has 4 rings (SSSR count). The molecule has 0 unspecified atom stereocenters. The summed E-state index contributed by atoms with van der Waals surface area (Å²) in [5, 5.41) is 7.44. The van der Waals surface area contributed by atoms with Crippen molar-refractivity contribution in [2.24, 2.45) is 0 Å². The molecule has 1 aromatic heterocycles. The molecule has 10 nitrogen and oxygen atoms in total. The van der Waals surface area contributed by atoms with Crippen molar-refractivity contribution in [3.63, 3.8) is 0 Å². The van der Waals surface area contributed by atoms with Gasteiger partial charge in [0.1, 0.15) is 17.9 Å². The maximum Gasteiger partial charge on any atom is 0.344 e. The second-order valence-electron chi connectivity index (χ2n) is 8.11. The van der Waals surface area contributed by atoms with Crippen LogP contribution in [0.2, 0.25) is 0 Å². The van der Waals surface area contributed by atoms with E-state index in [2.05, 4.69) is 15.9 Å². The summed E-state index contributed by atoms with van der Waals surface area (Å²) >= 11 is 0. The maximum absolute atomic E-state index is 12.9. The number of imide groups is 1. The molecule has 0 radical (unpaired) electrons. The standard InChI is InChI=1S/C22H26N4O6/c1-13-16(14(2)32-25-13)12-31-17-8-7-15(11-18(17)30-3)19(27)24-26-20(28)22(23-21(26)29)9-5-4-6-10-22/h7-8,11H,4-6,9-10,12H2,1-3H3,(H,23,29)(H,24,27). The Balaban J connectivity index is 1.46. The van der Waals surface area contributed by atoms with Gasteiger partial charge in [-0.1, -0.05) is 24.4 Å². The molecule has 4 amide bonds. The third kappa shape index (κ3) is 3.88. The second-order valence-corrected chi connectivity index (χ2v) is 8.11. The number of methoxy groups -OCH3 is 1. The SMILES string of the molecule is COc1cc(C(=O)NN2C(=O)NC3(CCCCC3)C2=O)ccc1OCc1c(C)noc1C. The van der Waals surface area contributed by atoms with Crippen molar-refractivity contribution in [3.8, 4) is 11.5 Å². The van der Waals surface area contributed by atoms with E-state index in [1.165, 1.54) is 19.2 Å². The Morgan fingerprint density at radius 2 is 1.97 bits per heavy atom. The van der Waals surface area contributed by atoms with Gasteiger partial charge in [0, 0.05) is 5.56 Å². The highest BCUT2D eigenvalue weighted by molar-refractivity contribution is 6.09. The van der Waals surface area contributed by atoms with Crippen LogP contribution >= 0.6 is 0 Å². The molecular weight excluding hydrogens is 416 g/mol. The number of nitrogens with zero attached hydrogens (tertiary/aromatic N) is 2. The molecule has 2 aliphatic rings. The van der Waals surface area contributed by atoms with E-state index in [0.717, 1.165) is 35.5 Å². The van der Waals surface area contributed by atoms with E-state index in [0.29, 0.717) is 30.1 Å². The number of ether oxygens (including phenoxy) is 2. The lowest BCUT2D eigenvalue weighted by Gasteiger charge is -2.30. The van der Waals surface area contributed by atoms with E-state index in [1.54, 1.807) is 13.0 Å². The summed E-state index contributed by atoms with van der Waals surface area (Å²) < 4.78 is 16.3. The van der Waals surface area contributed by atoms with Gasteiger partial charge in [-0.25, -0.2) is 4.79 Å². The number of hydrogen-bond acceptors (Lipinski definition) is 7. The van der Waals surface area contributed by atoms with E-state index in [1.807, 2.05) is 6.92 Å². The summed E-state index contributed by atoms with van der Waals surface area (Å²) in [4.78, 5) is 38.0. The van der Waals surface area contributed by atoms with Crippen LogP contribution in [-0.4, -0.2) is 40.7 Å². The van der Waals surface area contributed by atoms with Crippen molar-refractivity contribution >= 4 is 17.8 Å². The number of carbonyl (C=O) groups excluding carboxylic acids is 3. The summed E-state index contributed by atoms with van der Waals surface area (Å²) in [6, 6.07) is 4.01. The van der Waals surface area contributed by atoms with Gasteiger partial charge < -0.3 is 19.3 Å². The van der Waals surface area contributed by atoms with E-state index < -0.39 is 23.4 Å². The maximum atomic E-state index is 12.9. The molecule has 1 aliphatic heterocycles. The zero-order valence-electron chi connectivity index (χ0n) is 18.3. The molecule has 2 fully saturated rings. The molecule has 2 N–H and O–H groups in total. The summed E-state index contributed by atoms with van der Waals surface area (Å²) in [5.74, 6) is 0.422. The van der Waals surface area contributed by atoms with Crippen LogP contribution in [0.5, 0.6) is 11.5 Å². The Labute approximate surface area is 185 Å². The minimum Gasteiger partial charge on any atom is -0.493 e. The van der Waals surface area contributed by atoms with Gasteiger partial charge in [-0.2, -0.15) is 5.01 Å². The summed E-state index contributed by atoms with van der Waals surface area (Å²) in [6.45, 7) is 3.86. The largest absolute Gasteiger partial charge is 0.493 e. The van der Waals surface area contributed by atoms with Gasteiger partial charge in [-0.15, -0.1) is 0 Å². The second kappa shape index (κ2) is 8.52. The van der Waals surface area contributed by atoms with Crippen LogP contribution in [0.3, 0.4) is 0 Å². The lowest BCUT2D eigenvalue weighted by molar-refractivity contribution is -0.134. The lowest BCUT2D eigenvalue weighted by Crippen LogP contribution is -2.50. The zero-order valence-corrected chi connectivity index (χ0v) is 18.3. The Kier molecular flexibility index (Phi) is 5.77. The van der Waals surface area contributed by atoms with Crippen LogP contribution in [0.25, 0.3) is 0 Å². The third-order valence-corrected chi connectivity index (χ3v) is 6.06. The molecule has 1 saturated carbocycles. The van der Waals surface area contributed by atoms with Crippen molar-refractivity contribution in [2.45, 2.75) is 58.1 Å². The normalized spacial score (nSPS) is 17.4. The van der Waals surface area contributed by atoms with E-state index >= 15 is 0 Å². The number of aryl methyl sites for hydroxylation is 2. The van der Waals surface area contributed by atoms with Crippen LogP contribution in [-0.2, 0) is 11.4 Å². The topological polar surface area (TPSA) is 123 Å². The van der Waals surface area contributed by atoms with Crippen LogP contribution in [0.1, 0.15) is 59.5 Å². The van der Waals surface area contributed by atoms with E-state index in [9.17, 15) is 14.4 Å². The minimum atomic E-state index is -0.907. The molecule has 10 heteroatoms. The molecule has 2 heterocycles. The first-order chi connectivity index (χ1) is 15.3. The highest BCUT2D eigenvalue weighted by atomic mass is 16.5. The molecule has 1 aromatic carbocycles. The smallest absolute Gasteiger partial charge is 0.344 e. The highest BCUT2D eigenvalue weighted by Crippen LogP contribution is 2.33. The van der Waals surface area contributed by atoms with Gasteiger partial charge in [0.05, 0.1) is 18.4 Å². The molecule has 0 bridgehead atoms. The minimum absolute atomic E-state index is 0.219. The summed E-state index contributed by atoms with van der Waals surface area (Å²) in [5.41, 5.74) is 3.31. The molecule has 1 saturated heterocycles. The fourth-order valence-corrected chi connectivity index (χ4v) is 4.17. The van der Waals surface area contributed by atoms with Crippen LogP contribution in [0.4, 0.5) is 4.79 Å². The van der Waals surface area contributed by atoms with Gasteiger partial charge in [-0.3, -0.25) is 15.0 Å². The quantitative estimate of drug-likeness (QED) is 0.660. The van der Waals surface area contributed by atoms with Gasteiger partial charge >= 0.3 is 6.03 Å². The van der Waals surface area contributed by atoms with Crippen molar-refractivity contribution in [2.75, 3.05) is 7.11 Å².